The molecule has 0 saturated heterocycles. The lowest BCUT2D eigenvalue weighted by molar-refractivity contribution is -0.127. The monoisotopic (exact) mass is 357 g/mol. The van der Waals surface area contributed by atoms with Gasteiger partial charge in [0.15, 0.2) is 6.61 Å². The molecule has 0 heterocycles. The zero-order chi connectivity index (χ0) is 17.9. The SMILES string of the molecule is CSc1ccc(C=NNC(=O)CNC(=O)COc2ccccc2)cc1. The summed E-state index contributed by atoms with van der Waals surface area (Å²) in [6, 6.07) is 16.7. The predicted molar refractivity (Wildman–Crippen MR) is 98.9 cm³/mol. The average molecular weight is 357 g/mol. The molecule has 2 aromatic carbocycles. The van der Waals surface area contributed by atoms with Gasteiger partial charge in [0.2, 0.25) is 0 Å². The first-order chi connectivity index (χ1) is 12.2. The van der Waals surface area contributed by atoms with Crippen LogP contribution in [0.15, 0.2) is 64.6 Å². The Morgan fingerprint density at radius 3 is 2.48 bits per heavy atom. The van der Waals surface area contributed by atoms with E-state index in [9.17, 15) is 9.59 Å². The molecule has 0 radical (unpaired) electrons. The fourth-order valence-electron chi connectivity index (χ4n) is 1.80. The second kappa shape index (κ2) is 10.1. The van der Waals surface area contributed by atoms with Gasteiger partial charge in [0.25, 0.3) is 11.8 Å². The number of amides is 2. The molecule has 7 heteroatoms. The Labute approximate surface area is 150 Å². The van der Waals surface area contributed by atoms with Crippen molar-refractivity contribution in [1.29, 1.82) is 0 Å². The van der Waals surface area contributed by atoms with Crippen molar-refractivity contribution >= 4 is 29.8 Å². The number of nitrogens with one attached hydrogen (secondary N) is 2. The third-order valence-corrected chi connectivity index (χ3v) is 3.82. The van der Waals surface area contributed by atoms with Crippen molar-refractivity contribution in [3.05, 3.63) is 60.2 Å². The van der Waals surface area contributed by atoms with E-state index in [0.717, 1.165) is 10.5 Å². The van der Waals surface area contributed by atoms with E-state index in [-0.39, 0.29) is 19.1 Å². The predicted octanol–water partition coefficient (Wildman–Crippen LogP) is 2.05. The normalized spacial score (nSPS) is 10.4. The summed E-state index contributed by atoms with van der Waals surface area (Å²) in [6.45, 7) is -0.317. The lowest BCUT2D eigenvalue weighted by Gasteiger charge is -2.06. The van der Waals surface area contributed by atoms with Gasteiger partial charge in [-0.2, -0.15) is 5.10 Å². The van der Waals surface area contributed by atoms with Crippen LogP contribution in [-0.4, -0.2) is 37.4 Å². The Balaban J connectivity index is 1.65. The second-order valence-corrected chi connectivity index (χ2v) is 5.82. The van der Waals surface area contributed by atoms with E-state index in [4.69, 9.17) is 4.74 Å². The van der Waals surface area contributed by atoms with Crippen molar-refractivity contribution in [1.82, 2.24) is 10.7 Å². The molecule has 0 spiro atoms. The lowest BCUT2D eigenvalue weighted by atomic mass is 10.2. The van der Waals surface area contributed by atoms with Crippen LogP contribution in [0.5, 0.6) is 5.75 Å². The molecular formula is C18H19N3O3S. The number of thioether (sulfide) groups is 1. The summed E-state index contributed by atoms with van der Waals surface area (Å²) >= 11 is 1.65. The molecule has 0 saturated carbocycles. The highest BCUT2D eigenvalue weighted by Gasteiger charge is 2.05. The van der Waals surface area contributed by atoms with Crippen LogP contribution in [0.25, 0.3) is 0 Å². The average Bonchev–Trinajstić information content (AvgIpc) is 2.66. The largest absolute Gasteiger partial charge is 0.484 e. The van der Waals surface area contributed by atoms with Crippen molar-refractivity contribution in [2.24, 2.45) is 5.10 Å². The fraction of sp³-hybridized carbons (Fsp3) is 0.167. The molecule has 2 rings (SSSR count). The van der Waals surface area contributed by atoms with Crippen LogP contribution >= 0.6 is 11.8 Å². The molecule has 2 aromatic rings. The Morgan fingerprint density at radius 2 is 1.80 bits per heavy atom. The molecule has 25 heavy (non-hydrogen) atoms. The minimum Gasteiger partial charge on any atom is -0.484 e. The minimum atomic E-state index is -0.412. The highest BCUT2D eigenvalue weighted by molar-refractivity contribution is 7.98. The van der Waals surface area contributed by atoms with Gasteiger partial charge in [-0.3, -0.25) is 9.59 Å². The summed E-state index contributed by atoms with van der Waals surface area (Å²) < 4.78 is 5.28. The molecule has 0 aromatic heterocycles. The van der Waals surface area contributed by atoms with Gasteiger partial charge in [-0.25, -0.2) is 5.43 Å². The first-order valence-electron chi connectivity index (χ1n) is 7.58. The van der Waals surface area contributed by atoms with Crippen LogP contribution in [0.3, 0.4) is 0 Å². The molecule has 130 valence electrons. The standard InChI is InChI=1S/C18H19N3O3S/c1-25-16-9-7-14(8-10-16)11-20-21-17(22)12-19-18(23)13-24-15-5-3-2-4-6-15/h2-11H,12-13H2,1H3,(H,19,23)(H,21,22). The summed E-state index contributed by atoms with van der Waals surface area (Å²) in [6.07, 6.45) is 3.55. The number of hydrogen-bond donors (Lipinski definition) is 2. The number of carbonyl (C=O) groups is 2. The molecule has 2 N–H and O–H groups in total. The molecule has 6 nitrogen and oxygen atoms in total. The molecule has 0 aliphatic heterocycles. The lowest BCUT2D eigenvalue weighted by Crippen LogP contribution is -2.37. The fourth-order valence-corrected chi connectivity index (χ4v) is 2.21. The summed E-state index contributed by atoms with van der Waals surface area (Å²) in [4.78, 5) is 24.4. The zero-order valence-corrected chi connectivity index (χ0v) is 14.6. The van der Waals surface area contributed by atoms with Gasteiger partial charge < -0.3 is 10.1 Å². The van der Waals surface area contributed by atoms with E-state index < -0.39 is 5.91 Å². The van der Waals surface area contributed by atoms with Crippen molar-refractivity contribution in [3.63, 3.8) is 0 Å². The maximum absolute atomic E-state index is 11.6. The third-order valence-electron chi connectivity index (χ3n) is 3.08. The molecule has 2 amide bonds. The van der Waals surface area contributed by atoms with E-state index >= 15 is 0 Å². The van der Waals surface area contributed by atoms with Gasteiger partial charge in [-0.15, -0.1) is 11.8 Å². The quantitative estimate of drug-likeness (QED) is 0.430. The maximum Gasteiger partial charge on any atom is 0.259 e. The first kappa shape index (κ1) is 18.5. The Kier molecular flexibility index (Phi) is 7.52. The highest BCUT2D eigenvalue weighted by atomic mass is 32.2. The Bertz CT molecular complexity index is 718. The van der Waals surface area contributed by atoms with Gasteiger partial charge in [0, 0.05) is 4.90 Å². The topological polar surface area (TPSA) is 79.8 Å². The molecule has 0 aliphatic rings. The maximum atomic E-state index is 11.6. The number of carbonyl (C=O) groups excluding carboxylic acids is 2. The van der Waals surface area contributed by atoms with Crippen LogP contribution in [0, 0.1) is 0 Å². The molecule has 0 unspecified atom stereocenters. The summed E-state index contributed by atoms with van der Waals surface area (Å²) in [5.41, 5.74) is 3.23. The molecular weight excluding hydrogens is 338 g/mol. The van der Waals surface area contributed by atoms with Gasteiger partial charge in [-0.05, 0) is 36.1 Å². The van der Waals surface area contributed by atoms with Crippen molar-refractivity contribution in [3.8, 4) is 5.75 Å². The minimum absolute atomic E-state index is 0.150. The van der Waals surface area contributed by atoms with Crippen LogP contribution in [0.1, 0.15) is 5.56 Å². The van der Waals surface area contributed by atoms with E-state index in [1.165, 1.54) is 0 Å². The summed E-state index contributed by atoms with van der Waals surface area (Å²) in [5.74, 6) is -0.195. The molecule has 0 fully saturated rings. The Morgan fingerprint density at radius 1 is 1.08 bits per heavy atom. The van der Waals surface area contributed by atoms with E-state index in [2.05, 4.69) is 15.8 Å². The number of hydrogen-bond acceptors (Lipinski definition) is 5. The third kappa shape index (κ3) is 7.09. The number of hydrazone groups is 1. The number of nitrogens with zero attached hydrogens (tertiary/aromatic N) is 1. The van der Waals surface area contributed by atoms with E-state index in [1.54, 1.807) is 30.1 Å². The first-order valence-corrected chi connectivity index (χ1v) is 8.80. The van der Waals surface area contributed by atoms with Crippen LogP contribution in [-0.2, 0) is 9.59 Å². The highest BCUT2D eigenvalue weighted by Crippen LogP contribution is 2.13. The number of rotatable bonds is 8. The zero-order valence-electron chi connectivity index (χ0n) is 13.8. The Hall–Kier alpha value is -2.80. The molecule has 0 bridgehead atoms. The van der Waals surface area contributed by atoms with Crippen LogP contribution in [0.4, 0.5) is 0 Å². The van der Waals surface area contributed by atoms with E-state index in [1.807, 2.05) is 48.7 Å². The van der Waals surface area contributed by atoms with Crippen molar-refractivity contribution in [2.45, 2.75) is 4.90 Å². The smallest absolute Gasteiger partial charge is 0.259 e. The van der Waals surface area contributed by atoms with Crippen LogP contribution in [0.2, 0.25) is 0 Å². The summed E-state index contributed by atoms with van der Waals surface area (Å²) in [7, 11) is 0. The molecule has 0 aliphatic carbocycles. The second-order valence-electron chi connectivity index (χ2n) is 4.94. The molecule has 0 atom stereocenters. The van der Waals surface area contributed by atoms with Crippen molar-refractivity contribution in [2.75, 3.05) is 19.4 Å². The van der Waals surface area contributed by atoms with Gasteiger partial charge in [0.1, 0.15) is 5.75 Å². The number of benzene rings is 2. The van der Waals surface area contributed by atoms with Gasteiger partial charge in [-0.1, -0.05) is 30.3 Å². The summed E-state index contributed by atoms with van der Waals surface area (Å²) in [5, 5.41) is 6.32. The van der Waals surface area contributed by atoms with E-state index in [0.29, 0.717) is 5.75 Å². The van der Waals surface area contributed by atoms with Gasteiger partial charge >= 0.3 is 0 Å². The number of para-hydroxylation sites is 1. The van der Waals surface area contributed by atoms with Gasteiger partial charge in [0.05, 0.1) is 12.8 Å². The number of ether oxygens (including phenoxy) is 1. The van der Waals surface area contributed by atoms with Crippen molar-refractivity contribution < 1.29 is 14.3 Å². The van der Waals surface area contributed by atoms with Crippen LogP contribution < -0.4 is 15.5 Å².